The first-order valence-electron chi connectivity index (χ1n) is 4.44. The molecule has 0 radical (unpaired) electrons. The van der Waals surface area contributed by atoms with Crippen molar-refractivity contribution >= 4 is 12.1 Å². The molecule has 0 amide bonds. The third-order valence-electron chi connectivity index (χ3n) is 2.01. The minimum Gasteiger partial charge on any atom is -0.321 e. The van der Waals surface area contributed by atoms with Crippen LogP contribution in [0.3, 0.4) is 0 Å². The maximum absolute atomic E-state index is 11.0. The standard InChI is InChI=1S/C11H13NO2/c1-8(14)10-4-2-9(3-5-10)6-11(12)7-13/h2-5,7,11H,6,12H2,1H3/t11-/m0/s1. The fourth-order valence-corrected chi connectivity index (χ4v) is 1.20. The van der Waals surface area contributed by atoms with Crippen LogP contribution in [0, 0.1) is 0 Å². The highest BCUT2D eigenvalue weighted by molar-refractivity contribution is 5.94. The van der Waals surface area contributed by atoms with Crippen molar-refractivity contribution in [3.8, 4) is 0 Å². The summed E-state index contributed by atoms with van der Waals surface area (Å²) in [5.74, 6) is 0.0382. The first-order valence-corrected chi connectivity index (χ1v) is 4.44. The molecule has 0 saturated heterocycles. The van der Waals surface area contributed by atoms with E-state index in [1.54, 1.807) is 12.1 Å². The molecule has 0 saturated carbocycles. The van der Waals surface area contributed by atoms with Gasteiger partial charge in [0, 0.05) is 5.56 Å². The van der Waals surface area contributed by atoms with Gasteiger partial charge in [0.2, 0.25) is 0 Å². The smallest absolute Gasteiger partial charge is 0.159 e. The molecule has 0 aliphatic rings. The average molecular weight is 191 g/mol. The highest BCUT2D eigenvalue weighted by Crippen LogP contribution is 2.06. The van der Waals surface area contributed by atoms with Gasteiger partial charge in [-0.2, -0.15) is 0 Å². The summed E-state index contributed by atoms with van der Waals surface area (Å²) in [4.78, 5) is 21.3. The fraction of sp³-hybridized carbons (Fsp3) is 0.273. The van der Waals surface area contributed by atoms with Crippen molar-refractivity contribution in [3.63, 3.8) is 0 Å². The van der Waals surface area contributed by atoms with Crippen LogP contribution < -0.4 is 5.73 Å². The van der Waals surface area contributed by atoms with Crippen molar-refractivity contribution < 1.29 is 9.59 Å². The number of ketones is 1. The SMILES string of the molecule is CC(=O)c1ccc(C[C@H](N)C=O)cc1. The Hall–Kier alpha value is -1.48. The highest BCUT2D eigenvalue weighted by atomic mass is 16.1. The molecule has 14 heavy (non-hydrogen) atoms. The zero-order chi connectivity index (χ0) is 10.6. The van der Waals surface area contributed by atoms with Gasteiger partial charge in [-0.15, -0.1) is 0 Å². The number of carbonyl (C=O) groups is 2. The topological polar surface area (TPSA) is 60.2 Å². The molecule has 0 heterocycles. The number of hydrogen-bond acceptors (Lipinski definition) is 3. The molecule has 0 unspecified atom stereocenters. The van der Waals surface area contributed by atoms with Gasteiger partial charge in [0.1, 0.15) is 6.29 Å². The lowest BCUT2D eigenvalue weighted by Crippen LogP contribution is -2.23. The van der Waals surface area contributed by atoms with Crippen LogP contribution in [0.1, 0.15) is 22.8 Å². The normalized spacial score (nSPS) is 12.1. The number of aldehydes is 1. The number of rotatable bonds is 4. The van der Waals surface area contributed by atoms with E-state index in [1.807, 2.05) is 12.1 Å². The van der Waals surface area contributed by atoms with Gasteiger partial charge >= 0.3 is 0 Å². The van der Waals surface area contributed by atoms with Crippen LogP contribution in [0.2, 0.25) is 0 Å². The molecular formula is C11H13NO2. The predicted molar refractivity (Wildman–Crippen MR) is 54.2 cm³/mol. The van der Waals surface area contributed by atoms with Gasteiger partial charge in [-0.3, -0.25) is 4.79 Å². The van der Waals surface area contributed by atoms with Gasteiger partial charge in [-0.1, -0.05) is 24.3 Å². The third-order valence-corrected chi connectivity index (χ3v) is 2.01. The van der Waals surface area contributed by atoms with Crippen LogP contribution in [0.5, 0.6) is 0 Å². The molecule has 0 aromatic heterocycles. The molecule has 1 aromatic rings. The van der Waals surface area contributed by atoms with Crippen molar-refractivity contribution in [1.29, 1.82) is 0 Å². The van der Waals surface area contributed by atoms with E-state index < -0.39 is 6.04 Å². The van der Waals surface area contributed by atoms with Gasteiger partial charge in [-0.05, 0) is 18.9 Å². The molecule has 3 nitrogen and oxygen atoms in total. The van der Waals surface area contributed by atoms with Crippen LogP contribution in [-0.2, 0) is 11.2 Å². The Labute approximate surface area is 82.9 Å². The number of nitrogens with two attached hydrogens (primary N) is 1. The second-order valence-electron chi connectivity index (χ2n) is 3.26. The average Bonchev–Trinajstić information content (AvgIpc) is 2.18. The lowest BCUT2D eigenvalue weighted by Gasteiger charge is -2.04. The zero-order valence-corrected chi connectivity index (χ0v) is 8.07. The quantitative estimate of drug-likeness (QED) is 0.569. The molecule has 1 rings (SSSR count). The van der Waals surface area contributed by atoms with Crippen LogP contribution >= 0.6 is 0 Å². The molecule has 0 bridgehead atoms. The molecule has 74 valence electrons. The van der Waals surface area contributed by atoms with Crippen molar-refractivity contribution in [2.75, 3.05) is 0 Å². The van der Waals surface area contributed by atoms with E-state index >= 15 is 0 Å². The summed E-state index contributed by atoms with van der Waals surface area (Å²) in [6.45, 7) is 1.52. The largest absolute Gasteiger partial charge is 0.321 e. The zero-order valence-electron chi connectivity index (χ0n) is 8.07. The van der Waals surface area contributed by atoms with Gasteiger partial charge in [0.05, 0.1) is 6.04 Å². The van der Waals surface area contributed by atoms with E-state index in [9.17, 15) is 9.59 Å². The number of Topliss-reactive ketones (excluding diaryl/α,β-unsaturated/α-hetero) is 1. The lowest BCUT2D eigenvalue weighted by molar-refractivity contribution is -0.108. The van der Waals surface area contributed by atoms with Gasteiger partial charge in [0.15, 0.2) is 5.78 Å². The Kier molecular flexibility index (Phi) is 3.54. The monoisotopic (exact) mass is 191 g/mol. The number of carbonyl (C=O) groups excluding carboxylic acids is 2. The van der Waals surface area contributed by atoms with Crippen LogP contribution in [-0.4, -0.2) is 18.1 Å². The second kappa shape index (κ2) is 4.67. The lowest BCUT2D eigenvalue weighted by atomic mass is 10.0. The first-order chi connectivity index (χ1) is 6.63. The summed E-state index contributed by atoms with van der Waals surface area (Å²) in [7, 11) is 0. The minimum absolute atomic E-state index is 0.0382. The summed E-state index contributed by atoms with van der Waals surface area (Å²) >= 11 is 0. The first kappa shape index (κ1) is 10.6. The Morgan fingerprint density at radius 3 is 2.43 bits per heavy atom. The number of hydrogen-bond donors (Lipinski definition) is 1. The maximum atomic E-state index is 11.0. The van der Waals surface area contributed by atoms with Crippen molar-refractivity contribution in [2.24, 2.45) is 5.73 Å². The minimum atomic E-state index is -0.460. The third kappa shape index (κ3) is 2.78. The molecule has 0 aliphatic carbocycles. The Morgan fingerprint density at radius 1 is 1.43 bits per heavy atom. The van der Waals surface area contributed by atoms with E-state index in [0.717, 1.165) is 11.8 Å². The van der Waals surface area contributed by atoms with Crippen molar-refractivity contribution in [2.45, 2.75) is 19.4 Å². The van der Waals surface area contributed by atoms with E-state index in [-0.39, 0.29) is 5.78 Å². The summed E-state index contributed by atoms with van der Waals surface area (Å²) in [6.07, 6.45) is 1.24. The number of benzene rings is 1. The van der Waals surface area contributed by atoms with E-state index in [1.165, 1.54) is 6.92 Å². The molecule has 0 fully saturated rings. The van der Waals surface area contributed by atoms with E-state index in [4.69, 9.17) is 5.73 Å². The van der Waals surface area contributed by atoms with Crippen LogP contribution in [0.4, 0.5) is 0 Å². The Bertz CT molecular complexity index is 330. The van der Waals surface area contributed by atoms with E-state index in [0.29, 0.717) is 12.0 Å². The van der Waals surface area contributed by atoms with Crippen molar-refractivity contribution in [1.82, 2.24) is 0 Å². The van der Waals surface area contributed by atoms with Crippen LogP contribution in [0.25, 0.3) is 0 Å². The molecule has 3 heteroatoms. The Balaban J connectivity index is 2.73. The van der Waals surface area contributed by atoms with Gasteiger partial charge in [-0.25, -0.2) is 0 Å². The molecule has 1 aromatic carbocycles. The van der Waals surface area contributed by atoms with Crippen LogP contribution in [0.15, 0.2) is 24.3 Å². The predicted octanol–water partition coefficient (Wildman–Crippen LogP) is 0.958. The molecule has 2 N–H and O–H groups in total. The Morgan fingerprint density at radius 2 is 2.00 bits per heavy atom. The van der Waals surface area contributed by atoms with Crippen molar-refractivity contribution in [3.05, 3.63) is 35.4 Å². The second-order valence-corrected chi connectivity index (χ2v) is 3.26. The summed E-state index contributed by atoms with van der Waals surface area (Å²) < 4.78 is 0. The summed E-state index contributed by atoms with van der Waals surface area (Å²) in [5, 5.41) is 0. The van der Waals surface area contributed by atoms with E-state index in [2.05, 4.69) is 0 Å². The molecule has 0 spiro atoms. The molecule has 1 atom stereocenters. The molecular weight excluding hydrogens is 178 g/mol. The van der Waals surface area contributed by atoms with Gasteiger partial charge < -0.3 is 10.5 Å². The van der Waals surface area contributed by atoms with Gasteiger partial charge in [0.25, 0.3) is 0 Å². The fourth-order valence-electron chi connectivity index (χ4n) is 1.20. The highest BCUT2D eigenvalue weighted by Gasteiger charge is 2.03. The molecule has 0 aliphatic heterocycles. The maximum Gasteiger partial charge on any atom is 0.159 e. The summed E-state index contributed by atoms with van der Waals surface area (Å²) in [5.41, 5.74) is 7.11. The summed E-state index contributed by atoms with van der Waals surface area (Å²) in [6, 6.07) is 6.67.